The summed E-state index contributed by atoms with van der Waals surface area (Å²) >= 11 is 0. The molecule has 6 heteroatoms. The number of hydrogen-bond acceptors (Lipinski definition) is 4. The van der Waals surface area contributed by atoms with Crippen molar-refractivity contribution >= 4 is 17.8 Å². The van der Waals surface area contributed by atoms with Crippen molar-refractivity contribution in [3.8, 4) is 0 Å². The van der Waals surface area contributed by atoms with Crippen LogP contribution in [0.5, 0.6) is 0 Å². The van der Waals surface area contributed by atoms with E-state index in [0.717, 1.165) is 5.56 Å². The zero-order valence-corrected chi connectivity index (χ0v) is 10.5. The van der Waals surface area contributed by atoms with Gasteiger partial charge in [0.1, 0.15) is 6.04 Å². The van der Waals surface area contributed by atoms with Crippen LogP contribution in [0, 0.1) is 0 Å². The Morgan fingerprint density at radius 2 is 1.89 bits per heavy atom. The highest BCUT2D eigenvalue weighted by atomic mass is 16.5. The van der Waals surface area contributed by atoms with Crippen molar-refractivity contribution in [1.82, 2.24) is 5.32 Å². The zero-order valence-electron chi connectivity index (χ0n) is 10.5. The lowest BCUT2D eigenvalue weighted by molar-refractivity contribution is -0.148. The van der Waals surface area contributed by atoms with Crippen LogP contribution in [0.25, 0.3) is 0 Å². The van der Waals surface area contributed by atoms with Gasteiger partial charge in [-0.1, -0.05) is 30.3 Å². The molecule has 0 bridgehead atoms. The van der Waals surface area contributed by atoms with E-state index in [4.69, 9.17) is 5.11 Å². The second-order valence-corrected chi connectivity index (χ2v) is 3.93. The SMILES string of the molecule is CC(=O)OCC(=O)N[C@@H](Cc1ccccc1)C(=O)O. The van der Waals surface area contributed by atoms with Crippen molar-refractivity contribution in [2.75, 3.05) is 6.61 Å². The third-order valence-electron chi connectivity index (χ3n) is 2.32. The summed E-state index contributed by atoms with van der Waals surface area (Å²) in [5.74, 6) is -2.37. The van der Waals surface area contributed by atoms with E-state index in [1.165, 1.54) is 6.92 Å². The van der Waals surface area contributed by atoms with Gasteiger partial charge in [-0.05, 0) is 5.56 Å². The molecule has 2 N–H and O–H groups in total. The Labute approximate surface area is 110 Å². The van der Waals surface area contributed by atoms with E-state index in [1.807, 2.05) is 6.07 Å². The van der Waals surface area contributed by atoms with Crippen LogP contribution in [0.2, 0.25) is 0 Å². The van der Waals surface area contributed by atoms with Gasteiger partial charge in [0, 0.05) is 13.3 Å². The van der Waals surface area contributed by atoms with Gasteiger partial charge in [0.15, 0.2) is 6.61 Å². The van der Waals surface area contributed by atoms with Crippen LogP contribution in [-0.2, 0) is 25.5 Å². The maximum Gasteiger partial charge on any atom is 0.326 e. The van der Waals surface area contributed by atoms with Crippen LogP contribution in [0.1, 0.15) is 12.5 Å². The number of benzene rings is 1. The molecular formula is C13H15NO5. The number of ether oxygens (including phenoxy) is 1. The molecule has 0 saturated carbocycles. The van der Waals surface area contributed by atoms with Crippen LogP contribution in [0.4, 0.5) is 0 Å². The predicted molar refractivity (Wildman–Crippen MR) is 66.3 cm³/mol. The number of carboxylic acid groups (broad SMARTS) is 1. The number of carbonyl (C=O) groups is 3. The molecule has 6 nitrogen and oxygen atoms in total. The highest BCUT2D eigenvalue weighted by Gasteiger charge is 2.20. The molecular weight excluding hydrogens is 250 g/mol. The van der Waals surface area contributed by atoms with Crippen molar-refractivity contribution in [1.29, 1.82) is 0 Å². The van der Waals surface area contributed by atoms with Gasteiger partial charge in [-0.25, -0.2) is 4.79 Å². The lowest BCUT2D eigenvalue weighted by Gasteiger charge is -2.14. The van der Waals surface area contributed by atoms with E-state index in [-0.39, 0.29) is 6.42 Å². The molecule has 0 fully saturated rings. The first kappa shape index (κ1) is 14.7. The zero-order chi connectivity index (χ0) is 14.3. The van der Waals surface area contributed by atoms with Crippen LogP contribution < -0.4 is 5.32 Å². The minimum absolute atomic E-state index is 0.169. The molecule has 0 unspecified atom stereocenters. The Morgan fingerprint density at radius 1 is 1.26 bits per heavy atom. The number of carbonyl (C=O) groups excluding carboxylic acids is 2. The minimum Gasteiger partial charge on any atom is -0.480 e. The van der Waals surface area contributed by atoms with Crippen molar-refractivity contribution in [3.05, 3.63) is 35.9 Å². The number of hydrogen-bond donors (Lipinski definition) is 2. The highest BCUT2D eigenvalue weighted by Crippen LogP contribution is 2.03. The van der Waals surface area contributed by atoms with E-state index in [2.05, 4.69) is 10.1 Å². The Hall–Kier alpha value is -2.37. The van der Waals surface area contributed by atoms with E-state index >= 15 is 0 Å². The molecule has 0 aromatic heterocycles. The lowest BCUT2D eigenvalue weighted by Crippen LogP contribution is -2.44. The molecule has 0 aliphatic rings. The number of rotatable bonds is 6. The Kier molecular flexibility index (Phi) is 5.53. The smallest absolute Gasteiger partial charge is 0.326 e. The largest absolute Gasteiger partial charge is 0.480 e. The monoisotopic (exact) mass is 265 g/mol. The van der Waals surface area contributed by atoms with Crippen LogP contribution in [-0.4, -0.2) is 35.6 Å². The molecule has 1 rings (SSSR count). The number of esters is 1. The first-order chi connectivity index (χ1) is 8.99. The van der Waals surface area contributed by atoms with Crippen LogP contribution in [0.3, 0.4) is 0 Å². The first-order valence-corrected chi connectivity index (χ1v) is 5.68. The van der Waals surface area contributed by atoms with E-state index in [1.54, 1.807) is 24.3 Å². The highest BCUT2D eigenvalue weighted by molar-refractivity contribution is 5.85. The molecule has 19 heavy (non-hydrogen) atoms. The summed E-state index contributed by atoms with van der Waals surface area (Å²) in [4.78, 5) is 33.0. The summed E-state index contributed by atoms with van der Waals surface area (Å²) in [6, 6.07) is 7.88. The summed E-state index contributed by atoms with van der Waals surface area (Å²) in [7, 11) is 0. The molecule has 102 valence electrons. The van der Waals surface area contributed by atoms with Gasteiger partial charge in [0.25, 0.3) is 5.91 Å². The summed E-state index contributed by atoms with van der Waals surface area (Å²) in [5.41, 5.74) is 0.794. The lowest BCUT2D eigenvalue weighted by atomic mass is 10.1. The second kappa shape index (κ2) is 7.15. The normalized spacial score (nSPS) is 11.4. The minimum atomic E-state index is -1.14. The van der Waals surface area contributed by atoms with Gasteiger partial charge in [-0.2, -0.15) is 0 Å². The van der Waals surface area contributed by atoms with Gasteiger partial charge < -0.3 is 15.2 Å². The fourth-order valence-corrected chi connectivity index (χ4v) is 1.45. The first-order valence-electron chi connectivity index (χ1n) is 5.68. The fraction of sp³-hybridized carbons (Fsp3) is 0.308. The average molecular weight is 265 g/mol. The number of amides is 1. The summed E-state index contributed by atoms with van der Waals surface area (Å²) < 4.78 is 4.49. The van der Waals surface area contributed by atoms with Crippen molar-refractivity contribution in [3.63, 3.8) is 0 Å². The molecule has 1 aromatic rings. The van der Waals surface area contributed by atoms with Gasteiger partial charge >= 0.3 is 11.9 Å². The second-order valence-electron chi connectivity index (χ2n) is 3.93. The van der Waals surface area contributed by atoms with Gasteiger partial charge in [-0.15, -0.1) is 0 Å². The maximum absolute atomic E-state index is 11.4. The van der Waals surface area contributed by atoms with E-state index in [9.17, 15) is 14.4 Å². The fourth-order valence-electron chi connectivity index (χ4n) is 1.45. The number of aliphatic carboxylic acids is 1. The molecule has 0 heterocycles. The molecule has 0 radical (unpaired) electrons. The molecule has 1 atom stereocenters. The molecule has 1 amide bonds. The quantitative estimate of drug-likeness (QED) is 0.724. The van der Waals surface area contributed by atoms with E-state index < -0.39 is 30.5 Å². The predicted octanol–water partition coefficient (Wildman–Crippen LogP) is 0.362. The number of nitrogens with one attached hydrogen (secondary N) is 1. The third-order valence-corrected chi connectivity index (χ3v) is 2.32. The molecule has 0 spiro atoms. The Bertz CT molecular complexity index is 457. The molecule has 0 saturated heterocycles. The van der Waals surface area contributed by atoms with Crippen LogP contribution in [0.15, 0.2) is 30.3 Å². The van der Waals surface area contributed by atoms with Gasteiger partial charge in [0.05, 0.1) is 0 Å². The molecule has 0 aliphatic heterocycles. The van der Waals surface area contributed by atoms with Crippen molar-refractivity contribution in [2.24, 2.45) is 0 Å². The standard InChI is InChI=1S/C13H15NO5/c1-9(15)19-8-12(16)14-11(13(17)18)7-10-5-3-2-4-6-10/h2-6,11H,7-8H2,1H3,(H,14,16)(H,17,18)/t11-/m0/s1. The molecule has 1 aromatic carbocycles. The third kappa shape index (κ3) is 5.67. The summed E-state index contributed by atoms with van der Waals surface area (Å²) in [6.07, 6.45) is 0.169. The van der Waals surface area contributed by atoms with Crippen molar-refractivity contribution < 1.29 is 24.2 Å². The van der Waals surface area contributed by atoms with Crippen LogP contribution >= 0.6 is 0 Å². The van der Waals surface area contributed by atoms with Crippen molar-refractivity contribution in [2.45, 2.75) is 19.4 Å². The topological polar surface area (TPSA) is 92.7 Å². The Morgan fingerprint density at radius 3 is 2.42 bits per heavy atom. The van der Waals surface area contributed by atoms with Gasteiger partial charge in [-0.3, -0.25) is 9.59 Å². The summed E-state index contributed by atoms with van der Waals surface area (Å²) in [5, 5.41) is 11.3. The average Bonchev–Trinajstić information content (AvgIpc) is 2.36. The molecule has 0 aliphatic carbocycles. The summed E-state index contributed by atoms with van der Waals surface area (Å²) in [6.45, 7) is 0.694. The van der Waals surface area contributed by atoms with Gasteiger partial charge in [0.2, 0.25) is 0 Å². The van der Waals surface area contributed by atoms with E-state index in [0.29, 0.717) is 0 Å². The number of carboxylic acids is 1. The Balaban J connectivity index is 2.56. The maximum atomic E-state index is 11.4.